The monoisotopic (exact) mass is 411 g/mol. The largest absolute Gasteiger partial charge is 0.378 e. The molecule has 0 spiro atoms. The van der Waals surface area contributed by atoms with Gasteiger partial charge in [-0.05, 0) is 24.3 Å². The second kappa shape index (κ2) is 7.34. The molecule has 0 amide bonds. The van der Waals surface area contributed by atoms with Crippen LogP contribution >= 0.6 is 11.6 Å². The number of nitrogens with zero attached hydrogens (tertiary/aromatic N) is 4. The molecule has 9 nitrogen and oxygen atoms in total. The number of rotatable bonds is 4. The molecule has 0 bridgehead atoms. The van der Waals surface area contributed by atoms with Gasteiger partial charge in [0.05, 0.1) is 19.5 Å². The minimum atomic E-state index is -0.164. The summed E-state index contributed by atoms with van der Waals surface area (Å²) in [7, 11) is 0. The Kier molecular flexibility index (Phi) is 4.53. The van der Waals surface area contributed by atoms with E-state index < -0.39 is 0 Å². The van der Waals surface area contributed by atoms with Crippen molar-refractivity contribution < 1.29 is 4.74 Å². The van der Waals surface area contributed by atoms with Crippen LogP contribution in [0.5, 0.6) is 0 Å². The smallest absolute Gasteiger partial charge is 0.253 e. The van der Waals surface area contributed by atoms with Gasteiger partial charge in [-0.3, -0.25) is 4.79 Å². The van der Waals surface area contributed by atoms with E-state index >= 15 is 0 Å². The fraction of sp³-hybridized carbons (Fsp3) is 0.263. The molecule has 3 N–H and O–H groups in total. The second-order valence-electron chi connectivity index (χ2n) is 6.78. The molecule has 1 aliphatic rings. The summed E-state index contributed by atoms with van der Waals surface area (Å²) in [5, 5.41) is 4.65. The molecule has 4 aromatic rings. The average molecular weight is 412 g/mol. The molecule has 1 aliphatic heterocycles. The number of hydrogen-bond acceptors (Lipinski definition) is 7. The number of anilines is 2. The van der Waals surface area contributed by atoms with E-state index in [1.165, 1.54) is 0 Å². The Morgan fingerprint density at radius 1 is 1.21 bits per heavy atom. The van der Waals surface area contributed by atoms with Crippen molar-refractivity contribution in [3.63, 3.8) is 0 Å². The molecule has 1 fully saturated rings. The maximum Gasteiger partial charge on any atom is 0.253 e. The molecule has 0 radical (unpaired) electrons. The lowest BCUT2D eigenvalue weighted by molar-refractivity contribution is 0.122. The summed E-state index contributed by atoms with van der Waals surface area (Å²) in [5.74, 6) is 1.18. The van der Waals surface area contributed by atoms with Crippen molar-refractivity contribution in [1.82, 2.24) is 24.9 Å². The van der Waals surface area contributed by atoms with E-state index in [4.69, 9.17) is 16.3 Å². The number of imidazole rings is 1. The summed E-state index contributed by atoms with van der Waals surface area (Å²) < 4.78 is 5.43. The first kappa shape index (κ1) is 17.9. The van der Waals surface area contributed by atoms with Crippen LogP contribution in [0.2, 0.25) is 5.02 Å². The lowest BCUT2D eigenvalue weighted by atomic mass is 10.1. The molecule has 5 rings (SSSR count). The summed E-state index contributed by atoms with van der Waals surface area (Å²) in [4.78, 5) is 33.9. The van der Waals surface area contributed by atoms with Crippen LogP contribution in [0.15, 0.2) is 35.4 Å². The van der Waals surface area contributed by atoms with E-state index in [1.54, 1.807) is 18.5 Å². The van der Waals surface area contributed by atoms with E-state index in [-0.39, 0.29) is 12.1 Å². The predicted octanol–water partition coefficient (Wildman–Crippen LogP) is 2.30. The highest BCUT2D eigenvalue weighted by Crippen LogP contribution is 2.24. The number of morpholine rings is 1. The van der Waals surface area contributed by atoms with Gasteiger partial charge in [-0.25, -0.2) is 4.98 Å². The van der Waals surface area contributed by atoms with Crippen molar-refractivity contribution in [3.8, 4) is 0 Å². The first-order chi connectivity index (χ1) is 14.2. The zero-order valence-electron chi connectivity index (χ0n) is 15.4. The number of nitrogens with one attached hydrogen (secondary N) is 3. The van der Waals surface area contributed by atoms with Gasteiger partial charge in [0.25, 0.3) is 5.56 Å². The Labute approximate surface area is 170 Å². The van der Waals surface area contributed by atoms with Crippen molar-refractivity contribution >= 4 is 45.4 Å². The number of H-pyrrole nitrogens is 2. The summed E-state index contributed by atoms with van der Waals surface area (Å²) >= 11 is 6.07. The van der Waals surface area contributed by atoms with E-state index in [2.05, 4.69) is 35.1 Å². The molecule has 148 valence electrons. The number of fused-ring (bicyclic) bond motifs is 2. The Hall–Kier alpha value is -3.17. The highest BCUT2D eigenvalue weighted by molar-refractivity contribution is 6.31. The van der Waals surface area contributed by atoms with Gasteiger partial charge in [0, 0.05) is 41.1 Å². The fourth-order valence-corrected chi connectivity index (χ4v) is 3.60. The molecule has 1 aromatic carbocycles. The average Bonchev–Trinajstić information content (AvgIpc) is 3.21. The molecule has 3 aromatic heterocycles. The molecule has 4 heterocycles. The Balaban J connectivity index is 1.45. The number of benzene rings is 1. The molecular formula is C19H18ClN7O2. The standard InChI is InChI=1S/C19H18ClN7O2/c20-13-1-2-14-11(8-13)7-12(18(28)24-14)9-21-19-25-16-15(22-10-23-16)17(26-19)27-3-5-29-6-4-27/h1-2,7-8,10H,3-6,9H2,(H,24,28)(H2,21,22,23,25,26). The molecule has 10 heteroatoms. The van der Waals surface area contributed by atoms with Crippen LogP contribution in [-0.4, -0.2) is 51.2 Å². The van der Waals surface area contributed by atoms with Crippen molar-refractivity contribution in [1.29, 1.82) is 0 Å². The first-order valence-electron chi connectivity index (χ1n) is 9.26. The summed E-state index contributed by atoms with van der Waals surface area (Å²) in [5.41, 5.74) is 2.51. The Morgan fingerprint density at radius 3 is 2.93 bits per heavy atom. The van der Waals surface area contributed by atoms with Crippen LogP contribution in [-0.2, 0) is 11.3 Å². The third-order valence-corrected chi connectivity index (χ3v) is 5.13. The SMILES string of the molecule is O=c1[nH]c2ccc(Cl)cc2cc1CNc1nc(N2CCOCC2)c2nc[nH]c2n1. The lowest BCUT2D eigenvalue weighted by Crippen LogP contribution is -2.37. The minimum Gasteiger partial charge on any atom is -0.378 e. The van der Waals surface area contributed by atoms with Crippen LogP contribution in [0.25, 0.3) is 22.1 Å². The third kappa shape index (κ3) is 3.50. The zero-order chi connectivity index (χ0) is 19.8. The number of hydrogen-bond donors (Lipinski definition) is 3. The number of ether oxygens (including phenoxy) is 1. The maximum atomic E-state index is 12.4. The summed E-state index contributed by atoms with van der Waals surface area (Å²) in [6.45, 7) is 3.05. The van der Waals surface area contributed by atoms with Crippen LogP contribution in [0, 0.1) is 0 Å². The van der Waals surface area contributed by atoms with E-state index in [0.717, 1.165) is 35.3 Å². The van der Waals surface area contributed by atoms with Crippen LogP contribution in [0.3, 0.4) is 0 Å². The minimum absolute atomic E-state index is 0.164. The fourth-order valence-electron chi connectivity index (χ4n) is 3.42. The zero-order valence-corrected chi connectivity index (χ0v) is 16.2. The highest BCUT2D eigenvalue weighted by atomic mass is 35.5. The van der Waals surface area contributed by atoms with Gasteiger partial charge < -0.3 is 24.9 Å². The first-order valence-corrected chi connectivity index (χ1v) is 9.64. The molecule has 0 atom stereocenters. The molecule has 1 saturated heterocycles. The van der Waals surface area contributed by atoms with E-state index in [9.17, 15) is 4.79 Å². The van der Waals surface area contributed by atoms with Gasteiger partial charge in [-0.15, -0.1) is 0 Å². The van der Waals surface area contributed by atoms with Crippen LogP contribution in [0.1, 0.15) is 5.56 Å². The van der Waals surface area contributed by atoms with Crippen LogP contribution in [0.4, 0.5) is 11.8 Å². The number of aromatic amines is 2. The second-order valence-corrected chi connectivity index (χ2v) is 7.22. The van der Waals surface area contributed by atoms with Crippen molar-refractivity contribution in [2.75, 3.05) is 36.5 Å². The highest BCUT2D eigenvalue weighted by Gasteiger charge is 2.19. The van der Waals surface area contributed by atoms with Crippen molar-refractivity contribution in [2.24, 2.45) is 0 Å². The summed E-state index contributed by atoms with van der Waals surface area (Å²) in [6, 6.07) is 7.18. The number of halogens is 1. The van der Waals surface area contributed by atoms with Crippen LogP contribution < -0.4 is 15.8 Å². The van der Waals surface area contributed by atoms with E-state index in [1.807, 2.05) is 12.1 Å². The molecule has 29 heavy (non-hydrogen) atoms. The van der Waals surface area contributed by atoms with Gasteiger partial charge in [0.15, 0.2) is 17.0 Å². The lowest BCUT2D eigenvalue weighted by Gasteiger charge is -2.28. The van der Waals surface area contributed by atoms with Crippen molar-refractivity contribution in [2.45, 2.75) is 6.54 Å². The Morgan fingerprint density at radius 2 is 2.07 bits per heavy atom. The molecular weight excluding hydrogens is 394 g/mol. The predicted molar refractivity (Wildman–Crippen MR) is 112 cm³/mol. The quantitative estimate of drug-likeness (QED) is 0.472. The molecule has 0 aliphatic carbocycles. The van der Waals surface area contributed by atoms with Gasteiger partial charge in [0.2, 0.25) is 5.95 Å². The van der Waals surface area contributed by atoms with Gasteiger partial charge in [-0.1, -0.05) is 11.6 Å². The topological polar surface area (TPSA) is 112 Å². The van der Waals surface area contributed by atoms with E-state index in [0.29, 0.717) is 35.4 Å². The number of aromatic nitrogens is 5. The van der Waals surface area contributed by atoms with Gasteiger partial charge in [0.1, 0.15) is 0 Å². The summed E-state index contributed by atoms with van der Waals surface area (Å²) in [6.07, 6.45) is 1.60. The van der Waals surface area contributed by atoms with Gasteiger partial charge >= 0.3 is 0 Å². The number of pyridine rings is 1. The third-order valence-electron chi connectivity index (χ3n) is 4.89. The normalized spacial score (nSPS) is 14.6. The molecule has 0 unspecified atom stereocenters. The molecule has 0 saturated carbocycles. The van der Waals surface area contributed by atoms with Crippen molar-refractivity contribution in [3.05, 3.63) is 51.5 Å². The Bertz CT molecular complexity index is 1250. The maximum absolute atomic E-state index is 12.4. The van der Waals surface area contributed by atoms with Gasteiger partial charge in [-0.2, -0.15) is 9.97 Å².